The summed E-state index contributed by atoms with van der Waals surface area (Å²) >= 11 is 0. The third kappa shape index (κ3) is 4.54. The van der Waals surface area contributed by atoms with E-state index in [4.69, 9.17) is 0 Å². The third-order valence-corrected chi connectivity index (χ3v) is 3.41. The zero-order chi connectivity index (χ0) is 13.7. The minimum absolute atomic E-state index is 0.192. The Hall–Kier alpha value is -1.58. The van der Waals surface area contributed by atoms with Crippen molar-refractivity contribution in [2.45, 2.75) is 25.8 Å². The maximum atomic E-state index is 13.1. The molecule has 0 bridgehead atoms. The third-order valence-electron chi connectivity index (χ3n) is 3.41. The highest BCUT2D eigenvalue weighted by Gasteiger charge is 2.20. The van der Waals surface area contributed by atoms with Crippen LogP contribution in [-0.4, -0.2) is 31.5 Å². The predicted molar refractivity (Wildman–Crippen MR) is 76.6 cm³/mol. The van der Waals surface area contributed by atoms with Gasteiger partial charge in [-0.15, -0.1) is 0 Å². The Bertz CT molecular complexity index is 441. The number of rotatable bonds is 5. The molecule has 1 aromatic carbocycles. The lowest BCUT2D eigenvalue weighted by Gasteiger charge is -2.22. The molecule has 0 atom stereocenters. The van der Waals surface area contributed by atoms with Gasteiger partial charge in [-0.25, -0.2) is 4.39 Å². The van der Waals surface area contributed by atoms with Gasteiger partial charge in [0.1, 0.15) is 5.82 Å². The molecule has 0 unspecified atom stereocenters. The molecule has 104 valence electrons. The number of hydrogen-bond donors (Lipinski definition) is 1. The van der Waals surface area contributed by atoms with Crippen molar-refractivity contribution in [2.75, 3.05) is 20.6 Å². The predicted octanol–water partition coefficient (Wildman–Crippen LogP) is 2.63. The summed E-state index contributed by atoms with van der Waals surface area (Å²) in [4.78, 5) is 6.28. The number of benzene rings is 1. The molecule has 1 aromatic rings. The van der Waals surface area contributed by atoms with Crippen molar-refractivity contribution in [3.8, 4) is 0 Å². The number of hydrogen-bond acceptors (Lipinski definition) is 1. The van der Waals surface area contributed by atoms with Crippen LogP contribution in [0.1, 0.15) is 24.8 Å². The SMILES string of the molecule is CN=C(NCCC1CC1)N(C)Cc1cccc(F)c1. The summed E-state index contributed by atoms with van der Waals surface area (Å²) in [5.41, 5.74) is 0.952. The lowest BCUT2D eigenvalue weighted by atomic mass is 10.2. The molecule has 1 fully saturated rings. The number of aliphatic imine (C=N–C) groups is 1. The van der Waals surface area contributed by atoms with E-state index in [0.717, 1.165) is 24.0 Å². The number of guanidine groups is 1. The molecule has 0 amide bonds. The van der Waals surface area contributed by atoms with Crippen molar-refractivity contribution >= 4 is 5.96 Å². The molecule has 3 nitrogen and oxygen atoms in total. The van der Waals surface area contributed by atoms with Crippen molar-refractivity contribution in [3.63, 3.8) is 0 Å². The smallest absolute Gasteiger partial charge is 0.193 e. The van der Waals surface area contributed by atoms with Crippen LogP contribution in [0.3, 0.4) is 0 Å². The molecular formula is C15H22FN3. The number of halogens is 1. The Labute approximate surface area is 114 Å². The van der Waals surface area contributed by atoms with Crippen LogP contribution in [0.15, 0.2) is 29.3 Å². The van der Waals surface area contributed by atoms with E-state index in [1.807, 2.05) is 18.0 Å². The molecule has 2 rings (SSSR count). The van der Waals surface area contributed by atoms with Gasteiger partial charge in [-0.1, -0.05) is 25.0 Å². The molecule has 19 heavy (non-hydrogen) atoms. The fourth-order valence-corrected chi connectivity index (χ4v) is 2.16. The highest BCUT2D eigenvalue weighted by atomic mass is 19.1. The molecule has 1 aliphatic rings. The second-order valence-corrected chi connectivity index (χ2v) is 5.19. The summed E-state index contributed by atoms with van der Waals surface area (Å²) < 4.78 is 13.1. The van der Waals surface area contributed by atoms with Crippen molar-refractivity contribution in [3.05, 3.63) is 35.6 Å². The Balaban J connectivity index is 1.83. The lowest BCUT2D eigenvalue weighted by Crippen LogP contribution is -2.39. The maximum absolute atomic E-state index is 13.1. The van der Waals surface area contributed by atoms with Crippen LogP contribution in [0, 0.1) is 11.7 Å². The molecule has 1 aliphatic carbocycles. The zero-order valence-electron chi connectivity index (χ0n) is 11.7. The minimum Gasteiger partial charge on any atom is -0.356 e. The second kappa shape index (κ2) is 6.55. The summed E-state index contributed by atoms with van der Waals surface area (Å²) in [6.45, 7) is 1.62. The van der Waals surface area contributed by atoms with E-state index in [-0.39, 0.29) is 5.82 Å². The van der Waals surface area contributed by atoms with Crippen molar-refractivity contribution in [1.82, 2.24) is 10.2 Å². The van der Waals surface area contributed by atoms with Gasteiger partial charge in [0.25, 0.3) is 0 Å². The number of nitrogens with one attached hydrogen (secondary N) is 1. The van der Waals surface area contributed by atoms with Crippen LogP contribution in [0.2, 0.25) is 0 Å². The van der Waals surface area contributed by atoms with Gasteiger partial charge >= 0.3 is 0 Å². The quantitative estimate of drug-likeness (QED) is 0.653. The maximum Gasteiger partial charge on any atom is 0.193 e. The average Bonchev–Trinajstić information content (AvgIpc) is 3.18. The minimum atomic E-state index is -0.192. The molecule has 0 aliphatic heterocycles. The van der Waals surface area contributed by atoms with E-state index in [9.17, 15) is 4.39 Å². The van der Waals surface area contributed by atoms with Crippen molar-refractivity contribution in [1.29, 1.82) is 0 Å². The summed E-state index contributed by atoms with van der Waals surface area (Å²) in [5, 5.41) is 3.36. The fraction of sp³-hybridized carbons (Fsp3) is 0.533. The first-order valence-corrected chi connectivity index (χ1v) is 6.85. The molecule has 0 heterocycles. The largest absolute Gasteiger partial charge is 0.356 e. The Morgan fingerprint density at radius 1 is 1.47 bits per heavy atom. The van der Waals surface area contributed by atoms with Crippen LogP contribution < -0.4 is 5.32 Å². The Kier molecular flexibility index (Phi) is 4.77. The molecule has 0 saturated heterocycles. The van der Waals surface area contributed by atoms with E-state index in [1.54, 1.807) is 19.2 Å². The summed E-state index contributed by atoms with van der Waals surface area (Å²) in [6, 6.07) is 6.69. The Morgan fingerprint density at radius 3 is 2.89 bits per heavy atom. The van der Waals surface area contributed by atoms with Gasteiger partial charge in [-0.3, -0.25) is 4.99 Å². The molecule has 0 spiro atoms. The molecule has 0 aromatic heterocycles. The summed E-state index contributed by atoms with van der Waals surface area (Å²) in [7, 11) is 3.75. The van der Waals surface area contributed by atoms with Gasteiger partial charge in [-0.05, 0) is 30.0 Å². The van der Waals surface area contributed by atoms with Crippen LogP contribution in [0.25, 0.3) is 0 Å². The molecular weight excluding hydrogens is 241 g/mol. The lowest BCUT2D eigenvalue weighted by molar-refractivity contribution is 0.472. The van der Waals surface area contributed by atoms with E-state index < -0.39 is 0 Å². The van der Waals surface area contributed by atoms with E-state index in [1.165, 1.54) is 25.3 Å². The average molecular weight is 263 g/mol. The monoisotopic (exact) mass is 263 g/mol. The van der Waals surface area contributed by atoms with Gasteiger partial charge in [0.15, 0.2) is 5.96 Å². The number of nitrogens with zero attached hydrogens (tertiary/aromatic N) is 2. The zero-order valence-corrected chi connectivity index (χ0v) is 11.7. The molecule has 1 saturated carbocycles. The summed E-state index contributed by atoms with van der Waals surface area (Å²) in [6.07, 6.45) is 3.96. The molecule has 0 radical (unpaired) electrons. The van der Waals surface area contributed by atoms with Gasteiger partial charge in [0.05, 0.1) is 0 Å². The highest BCUT2D eigenvalue weighted by molar-refractivity contribution is 5.79. The summed E-state index contributed by atoms with van der Waals surface area (Å²) in [5.74, 6) is 1.59. The molecule has 4 heteroatoms. The molecule has 1 N–H and O–H groups in total. The highest BCUT2D eigenvalue weighted by Crippen LogP contribution is 2.31. The second-order valence-electron chi connectivity index (χ2n) is 5.19. The Morgan fingerprint density at radius 2 is 2.26 bits per heavy atom. The topological polar surface area (TPSA) is 27.6 Å². The van der Waals surface area contributed by atoms with Crippen LogP contribution in [-0.2, 0) is 6.54 Å². The van der Waals surface area contributed by atoms with Crippen LogP contribution >= 0.6 is 0 Å². The van der Waals surface area contributed by atoms with Crippen molar-refractivity contribution < 1.29 is 4.39 Å². The first kappa shape index (κ1) is 13.8. The first-order valence-electron chi connectivity index (χ1n) is 6.85. The van der Waals surface area contributed by atoms with Gasteiger partial charge in [-0.2, -0.15) is 0 Å². The van der Waals surface area contributed by atoms with Gasteiger partial charge in [0.2, 0.25) is 0 Å². The van der Waals surface area contributed by atoms with Crippen LogP contribution in [0.4, 0.5) is 4.39 Å². The fourth-order valence-electron chi connectivity index (χ4n) is 2.16. The first-order chi connectivity index (χ1) is 9.19. The standard InChI is InChI=1S/C15H22FN3/c1-17-15(18-9-8-12-6-7-12)19(2)11-13-4-3-5-14(16)10-13/h3-5,10,12H,6-9,11H2,1-2H3,(H,17,18). The van der Waals surface area contributed by atoms with E-state index in [2.05, 4.69) is 10.3 Å². The van der Waals surface area contributed by atoms with Gasteiger partial charge in [0, 0.05) is 27.2 Å². The normalized spacial score (nSPS) is 15.4. The van der Waals surface area contributed by atoms with Crippen LogP contribution in [0.5, 0.6) is 0 Å². The van der Waals surface area contributed by atoms with Crippen molar-refractivity contribution in [2.24, 2.45) is 10.9 Å². The van der Waals surface area contributed by atoms with Gasteiger partial charge < -0.3 is 10.2 Å². The van der Waals surface area contributed by atoms with E-state index >= 15 is 0 Å². The van der Waals surface area contributed by atoms with E-state index in [0.29, 0.717) is 6.54 Å².